The second-order valence-electron chi connectivity index (χ2n) is 6.93. The maximum absolute atomic E-state index is 13.1. The van der Waals surface area contributed by atoms with Crippen LogP contribution in [0.2, 0.25) is 0 Å². The summed E-state index contributed by atoms with van der Waals surface area (Å²) in [5, 5.41) is 16.8. The summed E-state index contributed by atoms with van der Waals surface area (Å²) in [6.45, 7) is 5.45. The first-order valence-corrected chi connectivity index (χ1v) is 9.14. The van der Waals surface area contributed by atoms with Crippen LogP contribution in [0.25, 0.3) is 5.82 Å². The number of piperazine rings is 1. The van der Waals surface area contributed by atoms with Gasteiger partial charge in [-0.15, -0.1) is 10.2 Å². The Hall–Kier alpha value is -2.88. The summed E-state index contributed by atoms with van der Waals surface area (Å²) in [6, 6.07) is 5.74. The van der Waals surface area contributed by atoms with Crippen molar-refractivity contribution in [3.8, 4) is 5.82 Å². The average Bonchev–Trinajstić information content (AvgIpc) is 3.28. The van der Waals surface area contributed by atoms with Crippen LogP contribution in [0.15, 0.2) is 30.6 Å². The molecule has 0 spiro atoms. The molecule has 0 amide bonds. The van der Waals surface area contributed by atoms with E-state index in [2.05, 4.69) is 30.2 Å². The fourth-order valence-corrected chi connectivity index (χ4v) is 3.39. The van der Waals surface area contributed by atoms with Crippen LogP contribution in [0.3, 0.4) is 0 Å². The Bertz CT molecular complexity index is 925. The average molecular weight is 388 g/mol. The third-order valence-corrected chi connectivity index (χ3v) is 4.83. The maximum Gasteiger partial charge on any atom is 0.282 e. The van der Waals surface area contributed by atoms with Crippen LogP contribution < -0.4 is 4.90 Å². The van der Waals surface area contributed by atoms with Gasteiger partial charge in [0.25, 0.3) is 6.43 Å². The Morgan fingerprint density at radius 1 is 1.00 bits per heavy atom. The molecule has 1 aliphatic heterocycles. The second kappa shape index (κ2) is 7.63. The highest BCUT2D eigenvalue weighted by atomic mass is 19.3. The summed E-state index contributed by atoms with van der Waals surface area (Å²) in [5.41, 5.74) is 1.38. The summed E-state index contributed by atoms with van der Waals surface area (Å²) >= 11 is 0. The Kier molecular flexibility index (Phi) is 5.03. The van der Waals surface area contributed by atoms with Crippen LogP contribution in [0, 0.1) is 6.92 Å². The molecular weight excluding hydrogens is 366 g/mol. The zero-order valence-corrected chi connectivity index (χ0v) is 15.8. The number of hydrogen-bond donors (Lipinski definition) is 0. The van der Waals surface area contributed by atoms with Crippen molar-refractivity contribution in [3.05, 3.63) is 47.5 Å². The van der Waals surface area contributed by atoms with Crippen molar-refractivity contribution in [2.24, 2.45) is 7.05 Å². The zero-order chi connectivity index (χ0) is 19.7. The third kappa shape index (κ3) is 3.86. The molecule has 1 fully saturated rings. The summed E-state index contributed by atoms with van der Waals surface area (Å²) in [6.07, 6.45) is 0.976. The SMILES string of the molecule is Cc1ccn(-c2ccc(N3CCN(Cc4cn(C)nc4C(F)F)CC3)nn2)n1. The number of hydrogen-bond acceptors (Lipinski definition) is 6. The summed E-state index contributed by atoms with van der Waals surface area (Å²) in [4.78, 5) is 4.31. The lowest BCUT2D eigenvalue weighted by Crippen LogP contribution is -2.46. The van der Waals surface area contributed by atoms with Crippen LogP contribution in [0.4, 0.5) is 14.6 Å². The minimum Gasteiger partial charge on any atom is -0.353 e. The monoisotopic (exact) mass is 388 g/mol. The van der Waals surface area contributed by atoms with Crippen molar-refractivity contribution < 1.29 is 8.78 Å². The Balaban J connectivity index is 1.36. The van der Waals surface area contributed by atoms with Gasteiger partial charge >= 0.3 is 0 Å². The highest BCUT2D eigenvalue weighted by Gasteiger charge is 2.23. The maximum atomic E-state index is 13.1. The normalized spacial score (nSPS) is 15.5. The lowest BCUT2D eigenvalue weighted by molar-refractivity contribution is 0.142. The van der Waals surface area contributed by atoms with Gasteiger partial charge in [0.2, 0.25) is 0 Å². The lowest BCUT2D eigenvalue weighted by atomic mass is 10.2. The number of anilines is 1. The predicted molar refractivity (Wildman–Crippen MR) is 99.5 cm³/mol. The van der Waals surface area contributed by atoms with Gasteiger partial charge in [0.05, 0.1) is 5.69 Å². The largest absolute Gasteiger partial charge is 0.353 e. The first-order chi connectivity index (χ1) is 13.5. The van der Waals surface area contributed by atoms with E-state index in [0.717, 1.165) is 37.7 Å². The fourth-order valence-electron chi connectivity index (χ4n) is 3.39. The second-order valence-corrected chi connectivity index (χ2v) is 6.93. The van der Waals surface area contributed by atoms with Crippen molar-refractivity contribution >= 4 is 5.82 Å². The third-order valence-electron chi connectivity index (χ3n) is 4.83. The first kappa shape index (κ1) is 18.5. The van der Waals surface area contributed by atoms with E-state index >= 15 is 0 Å². The Morgan fingerprint density at radius 2 is 1.71 bits per heavy atom. The van der Waals surface area contributed by atoms with Crippen molar-refractivity contribution in [2.75, 3.05) is 31.1 Å². The van der Waals surface area contributed by atoms with Gasteiger partial charge in [0.15, 0.2) is 11.6 Å². The van der Waals surface area contributed by atoms with Gasteiger partial charge in [-0.1, -0.05) is 0 Å². The smallest absolute Gasteiger partial charge is 0.282 e. The quantitative estimate of drug-likeness (QED) is 0.666. The molecule has 0 atom stereocenters. The number of aryl methyl sites for hydroxylation is 2. The van der Waals surface area contributed by atoms with Gasteiger partial charge in [-0.05, 0) is 25.1 Å². The molecule has 10 heteroatoms. The number of rotatable bonds is 5. The van der Waals surface area contributed by atoms with Crippen LogP contribution in [0.5, 0.6) is 0 Å². The van der Waals surface area contributed by atoms with Gasteiger partial charge in [-0.3, -0.25) is 9.58 Å². The number of alkyl halides is 2. The minimum absolute atomic E-state index is 0.125. The number of nitrogens with zero attached hydrogens (tertiary/aromatic N) is 8. The van der Waals surface area contributed by atoms with E-state index in [-0.39, 0.29) is 5.69 Å². The van der Waals surface area contributed by atoms with E-state index in [1.54, 1.807) is 17.9 Å². The Labute approximate surface area is 161 Å². The van der Waals surface area contributed by atoms with Crippen LogP contribution in [0.1, 0.15) is 23.4 Å². The van der Waals surface area contributed by atoms with E-state index < -0.39 is 6.43 Å². The highest BCUT2D eigenvalue weighted by Crippen LogP contribution is 2.23. The minimum atomic E-state index is -2.55. The molecule has 0 aliphatic carbocycles. The molecule has 3 aromatic rings. The molecule has 1 aliphatic rings. The van der Waals surface area contributed by atoms with Gasteiger partial charge in [-0.2, -0.15) is 10.2 Å². The molecule has 4 heterocycles. The van der Waals surface area contributed by atoms with Crippen molar-refractivity contribution in [1.29, 1.82) is 0 Å². The van der Waals surface area contributed by atoms with Crippen LogP contribution in [-0.4, -0.2) is 60.8 Å². The van der Waals surface area contributed by atoms with Crippen LogP contribution in [-0.2, 0) is 13.6 Å². The first-order valence-electron chi connectivity index (χ1n) is 9.14. The molecule has 0 unspecified atom stereocenters. The number of halogens is 2. The fraction of sp³-hybridized carbons (Fsp3) is 0.444. The molecule has 0 aromatic carbocycles. The van der Waals surface area contributed by atoms with E-state index in [1.807, 2.05) is 31.3 Å². The molecule has 0 saturated carbocycles. The van der Waals surface area contributed by atoms with Crippen molar-refractivity contribution in [3.63, 3.8) is 0 Å². The van der Waals surface area contributed by atoms with Gasteiger partial charge in [-0.25, -0.2) is 13.5 Å². The molecule has 1 saturated heterocycles. The molecular formula is C18H22F2N8. The molecule has 0 N–H and O–H groups in total. The lowest BCUT2D eigenvalue weighted by Gasteiger charge is -2.35. The van der Waals surface area contributed by atoms with Gasteiger partial charge in [0.1, 0.15) is 5.69 Å². The van der Waals surface area contributed by atoms with E-state index in [9.17, 15) is 8.78 Å². The van der Waals surface area contributed by atoms with Crippen molar-refractivity contribution in [2.45, 2.75) is 19.9 Å². The summed E-state index contributed by atoms with van der Waals surface area (Å²) in [7, 11) is 1.67. The van der Waals surface area contributed by atoms with E-state index in [1.165, 1.54) is 4.68 Å². The topological polar surface area (TPSA) is 67.9 Å². The Morgan fingerprint density at radius 3 is 2.32 bits per heavy atom. The molecule has 4 rings (SSSR count). The molecule has 28 heavy (non-hydrogen) atoms. The number of aromatic nitrogens is 6. The molecule has 0 radical (unpaired) electrons. The molecule has 3 aromatic heterocycles. The molecule has 148 valence electrons. The predicted octanol–water partition coefficient (Wildman–Crippen LogP) is 1.96. The van der Waals surface area contributed by atoms with Gasteiger partial charge in [0, 0.05) is 57.7 Å². The van der Waals surface area contributed by atoms with E-state index in [4.69, 9.17) is 0 Å². The van der Waals surface area contributed by atoms with Gasteiger partial charge < -0.3 is 4.90 Å². The van der Waals surface area contributed by atoms with Crippen LogP contribution >= 0.6 is 0 Å². The van der Waals surface area contributed by atoms with E-state index in [0.29, 0.717) is 17.9 Å². The molecule has 0 bridgehead atoms. The van der Waals surface area contributed by atoms with Crippen molar-refractivity contribution in [1.82, 2.24) is 34.7 Å². The standard InChI is InChI=1S/C18H22F2N8/c1-13-5-6-28(23-13)16-4-3-15(21-22-16)27-9-7-26(8-10-27)12-14-11-25(2)24-17(14)18(19)20/h3-6,11,18H,7-10,12H2,1-2H3. The highest BCUT2D eigenvalue weighted by molar-refractivity contribution is 5.40. The molecule has 8 nitrogen and oxygen atoms in total. The zero-order valence-electron chi connectivity index (χ0n) is 15.8. The summed E-state index contributed by atoms with van der Waals surface area (Å²) in [5.74, 6) is 1.48. The summed E-state index contributed by atoms with van der Waals surface area (Å²) < 4.78 is 29.4.